The van der Waals surface area contributed by atoms with E-state index in [0.29, 0.717) is 6.04 Å². The van der Waals surface area contributed by atoms with Crippen LogP contribution in [0, 0.1) is 6.92 Å². The highest BCUT2D eigenvalue weighted by atomic mass is 15.2. The van der Waals surface area contributed by atoms with Gasteiger partial charge in [-0.1, -0.05) is 18.2 Å². The molecular formula is C18H25N3. The Morgan fingerprint density at radius 1 is 1.29 bits per heavy atom. The Hall–Kier alpha value is -1.61. The predicted octanol–water partition coefficient (Wildman–Crippen LogP) is 3.51. The van der Waals surface area contributed by atoms with E-state index in [-0.39, 0.29) is 0 Å². The third-order valence-corrected chi connectivity index (χ3v) is 4.49. The van der Waals surface area contributed by atoms with E-state index in [9.17, 15) is 0 Å². The third kappa shape index (κ3) is 3.03. The number of para-hydroxylation sites is 1. The number of aryl methyl sites for hydroxylation is 1. The molecule has 2 aromatic rings. The van der Waals surface area contributed by atoms with Crippen LogP contribution >= 0.6 is 0 Å². The second-order valence-electron chi connectivity index (χ2n) is 6.04. The number of nitrogens with one attached hydrogen (secondary N) is 1. The number of aromatic nitrogens is 1. The molecule has 0 saturated carbocycles. The first kappa shape index (κ1) is 14.3. The molecule has 21 heavy (non-hydrogen) atoms. The van der Waals surface area contributed by atoms with Crippen LogP contribution in [0.1, 0.15) is 31.4 Å². The summed E-state index contributed by atoms with van der Waals surface area (Å²) in [6, 6.07) is 11.4. The molecule has 2 heterocycles. The Balaban J connectivity index is 2.00. The van der Waals surface area contributed by atoms with E-state index in [1.165, 1.54) is 43.3 Å². The highest BCUT2D eigenvalue weighted by Gasteiger charge is 2.23. The van der Waals surface area contributed by atoms with Gasteiger partial charge in [0.1, 0.15) is 0 Å². The van der Waals surface area contributed by atoms with E-state index >= 15 is 0 Å². The van der Waals surface area contributed by atoms with Gasteiger partial charge >= 0.3 is 0 Å². The highest BCUT2D eigenvalue weighted by Crippen LogP contribution is 2.32. The van der Waals surface area contributed by atoms with E-state index in [4.69, 9.17) is 0 Å². The predicted molar refractivity (Wildman–Crippen MR) is 90.0 cm³/mol. The zero-order valence-corrected chi connectivity index (χ0v) is 13.1. The standard InChI is InChI=1S/C18H25N3/c1-14-13-18(16-8-3-4-9-17(16)20-14)21-12-6-5-7-15(21)10-11-19-2/h3-4,8-9,13,15,19H,5-7,10-12H2,1-2H3. The zero-order chi connectivity index (χ0) is 14.7. The van der Waals surface area contributed by atoms with Crippen molar-refractivity contribution in [2.75, 3.05) is 25.0 Å². The van der Waals surface area contributed by atoms with Crippen molar-refractivity contribution in [3.05, 3.63) is 36.0 Å². The van der Waals surface area contributed by atoms with Gasteiger partial charge in [0.05, 0.1) is 5.52 Å². The largest absolute Gasteiger partial charge is 0.368 e. The minimum absolute atomic E-state index is 0.649. The number of nitrogens with zero attached hydrogens (tertiary/aromatic N) is 2. The fourth-order valence-corrected chi connectivity index (χ4v) is 3.45. The molecule has 1 fully saturated rings. The molecule has 0 spiro atoms. The number of piperidine rings is 1. The van der Waals surface area contributed by atoms with Gasteiger partial charge < -0.3 is 10.2 Å². The van der Waals surface area contributed by atoms with Crippen molar-refractivity contribution in [3.63, 3.8) is 0 Å². The molecule has 3 heteroatoms. The first-order valence-electron chi connectivity index (χ1n) is 8.07. The fraction of sp³-hybridized carbons (Fsp3) is 0.500. The lowest BCUT2D eigenvalue weighted by Crippen LogP contribution is -2.41. The van der Waals surface area contributed by atoms with E-state index in [2.05, 4.69) is 52.5 Å². The van der Waals surface area contributed by atoms with Crippen LogP contribution in [0.15, 0.2) is 30.3 Å². The first-order valence-corrected chi connectivity index (χ1v) is 8.07. The summed E-state index contributed by atoms with van der Waals surface area (Å²) in [6.45, 7) is 4.35. The van der Waals surface area contributed by atoms with Gasteiger partial charge in [0.2, 0.25) is 0 Å². The van der Waals surface area contributed by atoms with Crippen LogP contribution < -0.4 is 10.2 Å². The van der Waals surface area contributed by atoms with Crippen LogP contribution in [0.5, 0.6) is 0 Å². The topological polar surface area (TPSA) is 28.2 Å². The van der Waals surface area contributed by atoms with Gasteiger partial charge in [0.25, 0.3) is 0 Å². The van der Waals surface area contributed by atoms with Crippen LogP contribution in [-0.2, 0) is 0 Å². The molecule has 3 nitrogen and oxygen atoms in total. The van der Waals surface area contributed by atoms with Gasteiger partial charge in [-0.2, -0.15) is 0 Å². The van der Waals surface area contributed by atoms with Crippen molar-refractivity contribution >= 4 is 16.6 Å². The highest BCUT2D eigenvalue weighted by molar-refractivity contribution is 5.92. The molecule has 112 valence electrons. The molecule has 0 amide bonds. The molecule has 1 aromatic heterocycles. The van der Waals surface area contributed by atoms with Gasteiger partial charge in [0.15, 0.2) is 0 Å². The zero-order valence-electron chi connectivity index (χ0n) is 13.1. The smallest absolute Gasteiger partial charge is 0.0726 e. The van der Waals surface area contributed by atoms with Crippen LogP contribution in [0.3, 0.4) is 0 Å². The minimum Gasteiger partial charge on any atom is -0.368 e. The Labute approximate surface area is 127 Å². The molecule has 1 aromatic carbocycles. The van der Waals surface area contributed by atoms with Crippen molar-refractivity contribution < 1.29 is 0 Å². The van der Waals surface area contributed by atoms with Crippen LogP contribution in [0.2, 0.25) is 0 Å². The molecule has 0 radical (unpaired) electrons. The van der Waals surface area contributed by atoms with Crippen LogP contribution in [0.4, 0.5) is 5.69 Å². The molecule has 1 N–H and O–H groups in total. The van der Waals surface area contributed by atoms with E-state index in [1.54, 1.807) is 0 Å². The van der Waals surface area contributed by atoms with Gasteiger partial charge in [0, 0.05) is 29.4 Å². The molecule has 1 aliphatic rings. The number of rotatable bonds is 4. The van der Waals surface area contributed by atoms with Gasteiger partial charge in [-0.05, 0) is 58.3 Å². The summed E-state index contributed by atoms with van der Waals surface area (Å²) < 4.78 is 0. The van der Waals surface area contributed by atoms with Crippen molar-refractivity contribution in [3.8, 4) is 0 Å². The van der Waals surface area contributed by atoms with E-state index in [1.807, 2.05) is 7.05 Å². The summed E-state index contributed by atoms with van der Waals surface area (Å²) in [4.78, 5) is 7.30. The lowest BCUT2D eigenvalue weighted by Gasteiger charge is -2.38. The lowest BCUT2D eigenvalue weighted by atomic mass is 9.97. The summed E-state index contributed by atoms with van der Waals surface area (Å²) >= 11 is 0. The van der Waals surface area contributed by atoms with Gasteiger partial charge in [-0.3, -0.25) is 4.98 Å². The number of pyridine rings is 1. The molecule has 1 unspecified atom stereocenters. The first-order chi connectivity index (χ1) is 10.3. The normalized spacial score (nSPS) is 19.1. The third-order valence-electron chi connectivity index (χ3n) is 4.49. The maximum absolute atomic E-state index is 4.68. The molecule has 3 rings (SSSR count). The number of fused-ring (bicyclic) bond motifs is 1. The summed E-state index contributed by atoms with van der Waals surface area (Å²) in [5, 5.41) is 4.59. The monoisotopic (exact) mass is 283 g/mol. The van der Waals surface area contributed by atoms with Crippen molar-refractivity contribution in [2.45, 2.75) is 38.6 Å². The number of hydrogen-bond donors (Lipinski definition) is 1. The van der Waals surface area contributed by atoms with Crippen LogP contribution in [-0.4, -0.2) is 31.2 Å². The molecule has 1 atom stereocenters. The number of anilines is 1. The molecule has 1 saturated heterocycles. The van der Waals surface area contributed by atoms with E-state index in [0.717, 1.165) is 17.8 Å². The SMILES string of the molecule is CNCCC1CCCCN1c1cc(C)nc2ccccc12. The molecule has 1 aliphatic heterocycles. The second-order valence-corrected chi connectivity index (χ2v) is 6.04. The molecule has 0 bridgehead atoms. The van der Waals surface area contributed by atoms with Crippen molar-refractivity contribution in [1.82, 2.24) is 10.3 Å². The number of benzene rings is 1. The molecule has 0 aliphatic carbocycles. The van der Waals surface area contributed by atoms with Crippen LogP contribution in [0.25, 0.3) is 10.9 Å². The summed E-state index contributed by atoms with van der Waals surface area (Å²) in [7, 11) is 2.04. The number of hydrogen-bond acceptors (Lipinski definition) is 3. The second kappa shape index (κ2) is 6.44. The minimum atomic E-state index is 0.649. The summed E-state index contributed by atoms with van der Waals surface area (Å²) in [5.74, 6) is 0. The van der Waals surface area contributed by atoms with Crippen molar-refractivity contribution in [2.24, 2.45) is 0 Å². The lowest BCUT2D eigenvalue weighted by molar-refractivity contribution is 0.434. The Morgan fingerprint density at radius 3 is 3.00 bits per heavy atom. The Bertz CT molecular complexity index is 608. The summed E-state index contributed by atoms with van der Waals surface area (Å²) in [5.41, 5.74) is 3.60. The summed E-state index contributed by atoms with van der Waals surface area (Å²) in [6.07, 6.45) is 5.17. The van der Waals surface area contributed by atoms with Gasteiger partial charge in [-0.15, -0.1) is 0 Å². The maximum atomic E-state index is 4.68. The van der Waals surface area contributed by atoms with Crippen molar-refractivity contribution in [1.29, 1.82) is 0 Å². The Morgan fingerprint density at radius 2 is 2.14 bits per heavy atom. The Kier molecular flexibility index (Phi) is 4.39. The quantitative estimate of drug-likeness (QED) is 0.930. The average molecular weight is 283 g/mol. The van der Waals surface area contributed by atoms with Gasteiger partial charge in [-0.25, -0.2) is 0 Å². The fourth-order valence-electron chi connectivity index (χ4n) is 3.45. The maximum Gasteiger partial charge on any atom is 0.0726 e. The average Bonchev–Trinajstić information content (AvgIpc) is 2.52. The van der Waals surface area contributed by atoms with E-state index < -0.39 is 0 Å². The molecular weight excluding hydrogens is 258 g/mol.